The van der Waals surface area contributed by atoms with E-state index >= 15 is 0 Å². The lowest BCUT2D eigenvalue weighted by molar-refractivity contribution is 0.139. The van der Waals surface area contributed by atoms with Gasteiger partial charge in [0.2, 0.25) is 0 Å². The average molecular weight is 482 g/mol. The first kappa shape index (κ1) is 23.3. The summed E-state index contributed by atoms with van der Waals surface area (Å²) < 4.78 is 28.5. The molecule has 11 heteroatoms. The molecule has 0 aromatic carbocycles. The molecule has 1 N–H and O–H groups in total. The Labute approximate surface area is 198 Å². The SMILES string of the molecule is C=CN=C1C(C#N)=C(Cl)C=C/C1=C(/C)c1c(C)nc2c(C#N)c(C(F)F)nn2c1N1CC(O)C1. The molecule has 0 spiro atoms. The first-order valence-corrected chi connectivity index (χ1v) is 10.5. The number of β-amino-alcohol motifs (C(OH)–C–C–N with tert-alkyl or cyclic N) is 1. The highest BCUT2D eigenvalue weighted by Crippen LogP contribution is 2.38. The Balaban J connectivity index is 2.08. The van der Waals surface area contributed by atoms with Gasteiger partial charge in [-0.05, 0) is 25.5 Å². The molecule has 2 aromatic heterocycles. The number of nitrogens with zero attached hydrogens (tertiary/aromatic N) is 7. The van der Waals surface area contributed by atoms with Crippen LogP contribution in [0.2, 0.25) is 0 Å². The molecule has 1 saturated heterocycles. The number of aliphatic hydroxyl groups is 1. The molecule has 34 heavy (non-hydrogen) atoms. The second-order valence-electron chi connectivity index (χ2n) is 7.73. The number of rotatable bonds is 4. The first-order chi connectivity index (χ1) is 16.2. The van der Waals surface area contributed by atoms with Gasteiger partial charge in [0.1, 0.15) is 29.2 Å². The molecule has 1 fully saturated rings. The van der Waals surface area contributed by atoms with Crippen LogP contribution in [0.4, 0.5) is 14.6 Å². The number of aromatic nitrogens is 3. The topological polar surface area (TPSA) is 114 Å². The third kappa shape index (κ3) is 3.58. The smallest absolute Gasteiger partial charge is 0.283 e. The molecule has 0 amide bonds. The van der Waals surface area contributed by atoms with Crippen molar-refractivity contribution in [1.82, 2.24) is 14.6 Å². The zero-order valence-corrected chi connectivity index (χ0v) is 19.0. The summed E-state index contributed by atoms with van der Waals surface area (Å²) in [5.74, 6) is 0.409. The van der Waals surface area contributed by atoms with Crippen molar-refractivity contribution in [2.24, 2.45) is 4.99 Å². The van der Waals surface area contributed by atoms with Gasteiger partial charge in [-0.2, -0.15) is 20.1 Å². The summed E-state index contributed by atoms with van der Waals surface area (Å²) in [5, 5.41) is 33.3. The Bertz CT molecular complexity index is 1430. The molecular formula is C23H18ClF2N7O. The Morgan fingerprint density at radius 3 is 2.62 bits per heavy atom. The van der Waals surface area contributed by atoms with Crippen molar-refractivity contribution in [2.45, 2.75) is 26.4 Å². The van der Waals surface area contributed by atoms with Gasteiger partial charge in [0.25, 0.3) is 6.43 Å². The fourth-order valence-corrected chi connectivity index (χ4v) is 4.31. The number of halogens is 3. The van der Waals surface area contributed by atoms with Crippen LogP contribution in [-0.4, -0.2) is 44.6 Å². The van der Waals surface area contributed by atoms with Gasteiger partial charge in [-0.15, -0.1) is 0 Å². The molecule has 0 unspecified atom stereocenters. The van der Waals surface area contributed by atoms with E-state index in [4.69, 9.17) is 11.6 Å². The van der Waals surface area contributed by atoms with Crippen LogP contribution in [0.3, 0.4) is 0 Å². The van der Waals surface area contributed by atoms with Gasteiger partial charge in [-0.25, -0.2) is 13.8 Å². The first-order valence-electron chi connectivity index (χ1n) is 10.2. The Kier molecular flexibility index (Phi) is 6.05. The maximum absolute atomic E-state index is 13.6. The van der Waals surface area contributed by atoms with Gasteiger partial charge < -0.3 is 10.0 Å². The van der Waals surface area contributed by atoms with Gasteiger partial charge in [-0.3, -0.25) is 4.99 Å². The van der Waals surface area contributed by atoms with Crippen molar-refractivity contribution in [1.29, 1.82) is 10.5 Å². The zero-order chi connectivity index (χ0) is 24.7. The van der Waals surface area contributed by atoms with E-state index in [1.807, 2.05) is 0 Å². The van der Waals surface area contributed by atoms with E-state index in [0.29, 0.717) is 33.9 Å². The van der Waals surface area contributed by atoms with Crippen LogP contribution in [0.1, 0.15) is 35.9 Å². The molecule has 0 saturated carbocycles. The predicted octanol–water partition coefficient (Wildman–Crippen LogP) is 3.97. The predicted molar refractivity (Wildman–Crippen MR) is 123 cm³/mol. The van der Waals surface area contributed by atoms with Crippen molar-refractivity contribution < 1.29 is 13.9 Å². The van der Waals surface area contributed by atoms with Crippen molar-refractivity contribution in [3.63, 3.8) is 0 Å². The fourth-order valence-electron chi connectivity index (χ4n) is 4.11. The van der Waals surface area contributed by atoms with Crippen LogP contribution in [0.5, 0.6) is 0 Å². The molecule has 0 bridgehead atoms. The molecule has 2 aliphatic rings. The number of hydrogen-bond acceptors (Lipinski definition) is 7. The largest absolute Gasteiger partial charge is 0.389 e. The van der Waals surface area contributed by atoms with E-state index < -0.39 is 18.2 Å². The van der Waals surface area contributed by atoms with Crippen molar-refractivity contribution >= 4 is 34.4 Å². The zero-order valence-electron chi connectivity index (χ0n) is 18.2. The molecule has 172 valence electrons. The van der Waals surface area contributed by atoms with Gasteiger partial charge in [0, 0.05) is 30.4 Å². The summed E-state index contributed by atoms with van der Waals surface area (Å²) in [6.07, 6.45) is 1.02. The lowest BCUT2D eigenvalue weighted by atomic mass is 9.90. The third-order valence-electron chi connectivity index (χ3n) is 5.67. The summed E-state index contributed by atoms with van der Waals surface area (Å²) in [4.78, 5) is 10.5. The minimum atomic E-state index is -2.97. The highest BCUT2D eigenvalue weighted by Gasteiger charge is 2.34. The van der Waals surface area contributed by atoms with Crippen LogP contribution in [0.15, 0.2) is 46.1 Å². The summed E-state index contributed by atoms with van der Waals surface area (Å²) >= 11 is 6.20. The average Bonchev–Trinajstić information content (AvgIpc) is 3.14. The molecular weight excluding hydrogens is 464 g/mol. The normalized spacial score (nSPS) is 19.0. The van der Waals surface area contributed by atoms with E-state index in [1.54, 1.807) is 37.0 Å². The number of aryl methyl sites for hydroxylation is 1. The summed E-state index contributed by atoms with van der Waals surface area (Å²) in [6.45, 7) is 7.59. The number of aliphatic imine (C=N–C) groups is 1. The van der Waals surface area contributed by atoms with Crippen LogP contribution in [-0.2, 0) is 0 Å². The third-order valence-corrected chi connectivity index (χ3v) is 5.98. The monoisotopic (exact) mass is 481 g/mol. The maximum atomic E-state index is 13.6. The molecule has 4 rings (SSSR count). The minimum absolute atomic E-state index is 0.00747. The number of alkyl halides is 2. The second kappa shape index (κ2) is 8.82. The number of hydrogen-bond donors (Lipinski definition) is 1. The van der Waals surface area contributed by atoms with Crippen LogP contribution >= 0.6 is 11.6 Å². The number of nitriles is 2. The van der Waals surface area contributed by atoms with Gasteiger partial charge in [0.15, 0.2) is 5.65 Å². The lowest BCUT2D eigenvalue weighted by Crippen LogP contribution is -2.52. The van der Waals surface area contributed by atoms with Crippen molar-refractivity contribution in [3.8, 4) is 12.1 Å². The number of aliphatic hydroxyl groups excluding tert-OH is 1. The van der Waals surface area contributed by atoms with Crippen LogP contribution < -0.4 is 4.90 Å². The molecule has 2 aromatic rings. The van der Waals surface area contributed by atoms with E-state index in [2.05, 4.69) is 27.7 Å². The molecule has 0 radical (unpaired) electrons. The number of fused-ring (bicyclic) bond motifs is 1. The molecule has 1 aliphatic heterocycles. The van der Waals surface area contributed by atoms with Gasteiger partial charge >= 0.3 is 0 Å². The van der Waals surface area contributed by atoms with Crippen LogP contribution in [0, 0.1) is 29.6 Å². The fraction of sp³-hybridized carbons (Fsp3) is 0.261. The number of anilines is 1. The highest BCUT2D eigenvalue weighted by molar-refractivity contribution is 6.37. The summed E-state index contributed by atoms with van der Waals surface area (Å²) in [6, 6.07) is 3.84. The van der Waals surface area contributed by atoms with E-state index in [1.165, 1.54) is 10.7 Å². The quantitative estimate of drug-likeness (QED) is 0.706. The molecule has 8 nitrogen and oxygen atoms in total. The van der Waals surface area contributed by atoms with E-state index in [9.17, 15) is 24.4 Å². The van der Waals surface area contributed by atoms with E-state index in [0.717, 1.165) is 0 Å². The molecule has 1 aliphatic carbocycles. The molecule has 3 heterocycles. The van der Waals surface area contributed by atoms with Crippen molar-refractivity contribution in [3.05, 3.63) is 63.6 Å². The number of allylic oxidation sites excluding steroid dienone is 6. The maximum Gasteiger partial charge on any atom is 0.283 e. The van der Waals surface area contributed by atoms with Crippen molar-refractivity contribution in [2.75, 3.05) is 18.0 Å². The lowest BCUT2D eigenvalue weighted by Gasteiger charge is -2.39. The summed E-state index contributed by atoms with van der Waals surface area (Å²) in [5.41, 5.74) is 1.72. The highest BCUT2D eigenvalue weighted by atomic mass is 35.5. The Morgan fingerprint density at radius 1 is 1.35 bits per heavy atom. The van der Waals surface area contributed by atoms with Gasteiger partial charge in [0.05, 0.1) is 28.1 Å². The second-order valence-corrected chi connectivity index (χ2v) is 8.14. The van der Waals surface area contributed by atoms with Gasteiger partial charge in [-0.1, -0.05) is 24.3 Å². The minimum Gasteiger partial charge on any atom is -0.389 e. The van der Waals surface area contributed by atoms with E-state index in [-0.39, 0.29) is 34.9 Å². The Morgan fingerprint density at radius 2 is 2.06 bits per heavy atom. The molecule has 0 atom stereocenters. The standard InChI is InChI=1S/C23H18ClF2N7O/c1-4-29-19-14(5-6-17(24)15(19)7-27)11(2)18-12(3)30-22-16(8-28)20(21(25)26)31-33(22)23(18)32-9-13(34)10-32/h4-6,13,21,34H,1,9-10H2,2-3H3/b14-11+,29-19?. The summed E-state index contributed by atoms with van der Waals surface area (Å²) in [7, 11) is 0. The Hall–Kier alpha value is -3.86. The van der Waals surface area contributed by atoms with Crippen LogP contribution in [0.25, 0.3) is 11.2 Å².